The van der Waals surface area contributed by atoms with Gasteiger partial charge in [-0.3, -0.25) is 9.59 Å². The molecule has 4 N–H and O–H groups in total. The van der Waals surface area contributed by atoms with Crippen LogP contribution in [0.4, 0.5) is 11.4 Å². The molecule has 34 heavy (non-hydrogen) atoms. The standard InChI is InChI=1S/C26H37N3O4S/c1-15(2)12-22(26(32)33)29-25(31)18-9-10-20(28-24(16(3)4)17(5)6)21(13-18)27-23(30)14-19-8-7-11-34-19/h7-11,13,15-17,22,24,28H,12,14H2,1-6H3,(H,27,30)(H,29,31)(H,32,33)/t22-/m0/s1. The Morgan fingerprint density at radius 2 is 1.65 bits per heavy atom. The Kier molecular flexibility index (Phi) is 10.1. The highest BCUT2D eigenvalue weighted by Gasteiger charge is 2.23. The lowest BCUT2D eigenvalue weighted by atomic mass is 9.93. The highest BCUT2D eigenvalue weighted by atomic mass is 32.1. The van der Waals surface area contributed by atoms with Crippen LogP contribution < -0.4 is 16.0 Å². The molecule has 0 unspecified atom stereocenters. The number of amides is 2. The molecule has 2 rings (SSSR count). The minimum absolute atomic E-state index is 0.115. The van der Waals surface area contributed by atoms with E-state index in [4.69, 9.17) is 0 Å². The van der Waals surface area contributed by atoms with Gasteiger partial charge in [-0.2, -0.15) is 0 Å². The highest BCUT2D eigenvalue weighted by Crippen LogP contribution is 2.28. The zero-order valence-corrected chi connectivity index (χ0v) is 21.7. The van der Waals surface area contributed by atoms with E-state index in [1.54, 1.807) is 18.2 Å². The quantitative estimate of drug-likeness (QED) is 0.327. The Hall–Kier alpha value is -2.87. The third-order valence-electron chi connectivity index (χ3n) is 5.54. The lowest BCUT2D eigenvalue weighted by Gasteiger charge is -2.28. The summed E-state index contributed by atoms with van der Waals surface area (Å²) in [4.78, 5) is 38.2. The molecule has 7 nitrogen and oxygen atoms in total. The number of carbonyl (C=O) groups is 3. The molecule has 0 fully saturated rings. The largest absolute Gasteiger partial charge is 0.480 e. The summed E-state index contributed by atoms with van der Waals surface area (Å²) in [5.74, 6) is -0.921. The number of nitrogens with one attached hydrogen (secondary N) is 3. The first-order chi connectivity index (χ1) is 16.0. The molecule has 0 aliphatic carbocycles. The molecule has 0 saturated heterocycles. The lowest BCUT2D eigenvalue weighted by Crippen LogP contribution is -2.41. The maximum absolute atomic E-state index is 12.9. The average molecular weight is 488 g/mol. The molecule has 2 amide bonds. The van der Waals surface area contributed by atoms with Crippen LogP contribution in [0.5, 0.6) is 0 Å². The molecule has 1 aromatic carbocycles. The van der Waals surface area contributed by atoms with Crippen molar-refractivity contribution in [2.24, 2.45) is 17.8 Å². The van der Waals surface area contributed by atoms with Gasteiger partial charge in [0.05, 0.1) is 17.8 Å². The van der Waals surface area contributed by atoms with Gasteiger partial charge in [-0.15, -0.1) is 11.3 Å². The van der Waals surface area contributed by atoms with Gasteiger partial charge in [-0.05, 0) is 53.8 Å². The Morgan fingerprint density at radius 1 is 0.971 bits per heavy atom. The third-order valence-corrected chi connectivity index (χ3v) is 6.42. The van der Waals surface area contributed by atoms with Gasteiger partial charge in [0.15, 0.2) is 0 Å². The number of rotatable bonds is 12. The molecule has 0 bridgehead atoms. The topological polar surface area (TPSA) is 108 Å². The van der Waals surface area contributed by atoms with Crippen molar-refractivity contribution in [1.29, 1.82) is 0 Å². The summed E-state index contributed by atoms with van der Waals surface area (Å²) in [5, 5.41) is 20.5. The van der Waals surface area contributed by atoms with Crippen molar-refractivity contribution >= 4 is 40.5 Å². The molecule has 0 aliphatic heterocycles. The van der Waals surface area contributed by atoms with E-state index in [1.165, 1.54) is 11.3 Å². The van der Waals surface area contributed by atoms with E-state index in [9.17, 15) is 19.5 Å². The summed E-state index contributed by atoms with van der Waals surface area (Å²) in [5.41, 5.74) is 1.51. The SMILES string of the molecule is CC(C)C[C@H](NC(=O)c1ccc(NC(C(C)C)C(C)C)c(NC(=O)Cc2cccs2)c1)C(=O)O. The van der Waals surface area contributed by atoms with E-state index in [-0.39, 0.29) is 29.9 Å². The number of aliphatic carboxylic acids is 1. The van der Waals surface area contributed by atoms with Crippen LogP contribution >= 0.6 is 11.3 Å². The normalized spacial score (nSPS) is 12.3. The van der Waals surface area contributed by atoms with E-state index in [0.29, 0.717) is 23.9 Å². The van der Waals surface area contributed by atoms with Gasteiger partial charge in [-0.25, -0.2) is 4.79 Å². The van der Waals surface area contributed by atoms with Crippen LogP contribution in [0.2, 0.25) is 0 Å². The Labute approximate surface area is 206 Å². The van der Waals surface area contributed by atoms with E-state index in [0.717, 1.165) is 10.6 Å². The van der Waals surface area contributed by atoms with Crippen LogP contribution in [-0.4, -0.2) is 35.0 Å². The van der Waals surface area contributed by atoms with Crippen LogP contribution in [0, 0.1) is 17.8 Å². The number of thiophene rings is 1. The number of anilines is 2. The molecular weight excluding hydrogens is 450 g/mol. The Bertz CT molecular complexity index is 962. The summed E-state index contributed by atoms with van der Waals surface area (Å²) < 4.78 is 0. The summed E-state index contributed by atoms with van der Waals surface area (Å²) in [6, 6.07) is 8.02. The van der Waals surface area contributed by atoms with Gasteiger partial charge in [0.2, 0.25) is 5.91 Å². The molecule has 0 spiro atoms. The monoisotopic (exact) mass is 487 g/mol. The summed E-state index contributed by atoms with van der Waals surface area (Å²) in [6.07, 6.45) is 0.566. The molecular formula is C26H37N3O4S. The molecule has 0 radical (unpaired) electrons. The number of carbonyl (C=O) groups excluding carboxylic acids is 2. The maximum Gasteiger partial charge on any atom is 0.326 e. The molecule has 2 aromatic rings. The second-order valence-electron chi connectivity index (χ2n) is 9.72. The Balaban J connectivity index is 2.32. The fourth-order valence-electron chi connectivity index (χ4n) is 3.90. The number of hydrogen-bond donors (Lipinski definition) is 4. The van der Waals surface area contributed by atoms with Crippen molar-refractivity contribution in [3.05, 3.63) is 46.2 Å². The minimum Gasteiger partial charge on any atom is -0.480 e. The van der Waals surface area contributed by atoms with E-state index in [1.807, 2.05) is 31.4 Å². The smallest absolute Gasteiger partial charge is 0.326 e. The second-order valence-corrected chi connectivity index (χ2v) is 10.7. The first-order valence-corrected chi connectivity index (χ1v) is 12.6. The van der Waals surface area contributed by atoms with E-state index >= 15 is 0 Å². The summed E-state index contributed by atoms with van der Waals surface area (Å²) >= 11 is 1.51. The molecule has 0 aliphatic rings. The second kappa shape index (κ2) is 12.6. The van der Waals surface area contributed by atoms with Gasteiger partial charge >= 0.3 is 5.97 Å². The molecule has 8 heteroatoms. The van der Waals surface area contributed by atoms with E-state index in [2.05, 4.69) is 43.6 Å². The predicted octanol–water partition coefficient (Wildman–Crippen LogP) is 5.25. The zero-order valence-electron chi connectivity index (χ0n) is 20.8. The van der Waals surface area contributed by atoms with Crippen LogP contribution in [0.1, 0.15) is 63.2 Å². The van der Waals surface area contributed by atoms with Crippen LogP contribution in [-0.2, 0) is 16.0 Å². The summed E-state index contributed by atoms with van der Waals surface area (Å²) in [6.45, 7) is 12.3. The molecule has 0 saturated carbocycles. The van der Waals surface area contributed by atoms with Crippen molar-refractivity contribution in [3.63, 3.8) is 0 Å². The molecule has 1 atom stereocenters. The van der Waals surface area contributed by atoms with Gasteiger partial charge in [0.25, 0.3) is 5.91 Å². The number of carboxylic acids is 1. The Morgan fingerprint density at radius 3 is 2.18 bits per heavy atom. The van der Waals surface area contributed by atoms with Gasteiger partial charge < -0.3 is 21.1 Å². The van der Waals surface area contributed by atoms with Gasteiger partial charge in [0.1, 0.15) is 6.04 Å². The van der Waals surface area contributed by atoms with Crippen LogP contribution in [0.15, 0.2) is 35.7 Å². The first kappa shape index (κ1) is 27.4. The molecule has 186 valence electrons. The third kappa shape index (κ3) is 8.17. The first-order valence-electron chi connectivity index (χ1n) is 11.7. The van der Waals surface area contributed by atoms with Crippen molar-refractivity contribution < 1.29 is 19.5 Å². The number of hydrogen-bond acceptors (Lipinski definition) is 5. The highest BCUT2D eigenvalue weighted by molar-refractivity contribution is 7.10. The van der Waals surface area contributed by atoms with Crippen molar-refractivity contribution in [1.82, 2.24) is 5.32 Å². The fourth-order valence-corrected chi connectivity index (χ4v) is 4.60. The van der Waals surface area contributed by atoms with Gasteiger partial charge in [-0.1, -0.05) is 47.6 Å². The molecule has 1 heterocycles. The average Bonchev–Trinajstić information content (AvgIpc) is 3.24. The minimum atomic E-state index is -1.07. The molecule has 1 aromatic heterocycles. The fraction of sp³-hybridized carbons (Fsp3) is 0.500. The van der Waals surface area contributed by atoms with Crippen molar-refractivity contribution in [2.45, 2.75) is 66.5 Å². The van der Waals surface area contributed by atoms with Crippen LogP contribution in [0.3, 0.4) is 0 Å². The number of carboxylic acid groups (broad SMARTS) is 1. The lowest BCUT2D eigenvalue weighted by molar-refractivity contribution is -0.139. The van der Waals surface area contributed by atoms with Gasteiger partial charge in [0, 0.05) is 16.5 Å². The number of benzene rings is 1. The predicted molar refractivity (Wildman–Crippen MR) is 139 cm³/mol. The zero-order chi connectivity index (χ0) is 25.4. The van der Waals surface area contributed by atoms with Crippen molar-refractivity contribution in [2.75, 3.05) is 10.6 Å². The van der Waals surface area contributed by atoms with Crippen LogP contribution in [0.25, 0.3) is 0 Å². The van der Waals surface area contributed by atoms with E-state index < -0.39 is 17.9 Å². The summed E-state index contributed by atoms with van der Waals surface area (Å²) in [7, 11) is 0. The maximum atomic E-state index is 12.9. The van der Waals surface area contributed by atoms with Crippen molar-refractivity contribution in [3.8, 4) is 0 Å².